The van der Waals surface area contributed by atoms with Crippen LogP contribution in [0, 0.1) is 12.7 Å². The molecule has 2 aromatic carbocycles. The highest BCUT2D eigenvalue weighted by Gasteiger charge is 2.45. The van der Waals surface area contributed by atoms with Gasteiger partial charge in [-0.15, -0.1) is 0 Å². The molecular formula is C29H33F2N3O. The maximum absolute atomic E-state index is 15.8. The van der Waals surface area contributed by atoms with Crippen molar-refractivity contribution in [2.75, 3.05) is 32.7 Å². The van der Waals surface area contributed by atoms with Gasteiger partial charge in [0.1, 0.15) is 22.7 Å². The molecule has 1 unspecified atom stereocenters. The van der Waals surface area contributed by atoms with Crippen LogP contribution in [0.25, 0.3) is 16.7 Å². The van der Waals surface area contributed by atoms with Crippen molar-refractivity contribution < 1.29 is 13.2 Å². The fourth-order valence-corrected chi connectivity index (χ4v) is 5.29. The van der Waals surface area contributed by atoms with Gasteiger partial charge in [-0.25, -0.2) is 13.8 Å². The lowest BCUT2D eigenvalue weighted by atomic mass is 9.83. The number of aryl methyl sites for hydroxylation is 1. The number of fused-ring (bicyclic) bond motifs is 1. The van der Waals surface area contributed by atoms with Crippen LogP contribution in [0.2, 0.25) is 0 Å². The number of unbranched alkanes of at least 4 members (excludes halogenated alkanes) is 2. The number of piperazine rings is 1. The number of halogens is 2. The van der Waals surface area contributed by atoms with Crippen LogP contribution < -0.4 is 0 Å². The van der Waals surface area contributed by atoms with Gasteiger partial charge in [0.25, 0.3) is 0 Å². The van der Waals surface area contributed by atoms with Crippen molar-refractivity contribution in [1.29, 1.82) is 0 Å². The monoisotopic (exact) mass is 477 g/mol. The molecule has 1 aliphatic heterocycles. The number of allylic oxidation sites excluding steroid dienone is 2. The molecule has 0 radical (unpaired) electrons. The van der Waals surface area contributed by atoms with Crippen molar-refractivity contribution >= 4 is 16.7 Å². The molecular weight excluding hydrogens is 444 g/mol. The number of hydrogen-bond acceptors (Lipinski definition) is 4. The zero-order chi connectivity index (χ0) is 24.4. The normalized spacial score (nSPS) is 21.8. The van der Waals surface area contributed by atoms with Gasteiger partial charge in [0.15, 0.2) is 5.58 Å². The fourth-order valence-electron chi connectivity index (χ4n) is 5.29. The van der Waals surface area contributed by atoms with Crippen molar-refractivity contribution in [2.24, 2.45) is 0 Å². The number of aromatic nitrogens is 1. The lowest BCUT2D eigenvalue weighted by Gasteiger charge is -2.45. The summed E-state index contributed by atoms with van der Waals surface area (Å²) in [5, 5.41) is 0. The smallest absolute Gasteiger partial charge is 0.220 e. The minimum absolute atomic E-state index is 0.108. The van der Waals surface area contributed by atoms with Gasteiger partial charge in [-0.1, -0.05) is 50.1 Å². The van der Waals surface area contributed by atoms with E-state index in [2.05, 4.69) is 16.7 Å². The van der Waals surface area contributed by atoms with Gasteiger partial charge >= 0.3 is 0 Å². The number of hydrogen-bond donors (Lipinski definition) is 0. The summed E-state index contributed by atoms with van der Waals surface area (Å²) in [7, 11) is 0. The Balaban J connectivity index is 1.48. The van der Waals surface area contributed by atoms with Crippen LogP contribution in [0.1, 0.15) is 49.6 Å². The van der Waals surface area contributed by atoms with E-state index >= 15 is 4.39 Å². The minimum atomic E-state index is -0.816. The Morgan fingerprint density at radius 2 is 1.86 bits per heavy atom. The van der Waals surface area contributed by atoms with E-state index in [0.717, 1.165) is 43.8 Å². The first-order valence-corrected chi connectivity index (χ1v) is 12.7. The molecule has 0 spiro atoms. The average Bonchev–Trinajstić information content (AvgIpc) is 3.28. The Bertz CT molecular complexity index is 1260. The SMILES string of the molecule is CCCCCN1CCN(C2(c3nc4cc(C)ccc4o3)C=CC(c3cccc(F)c3)=C(F)C2)CC1. The predicted octanol–water partition coefficient (Wildman–Crippen LogP) is 6.62. The molecule has 0 N–H and O–H groups in total. The third-order valence-electron chi connectivity index (χ3n) is 7.31. The molecule has 5 rings (SSSR count). The zero-order valence-corrected chi connectivity index (χ0v) is 20.6. The topological polar surface area (TPSA) is 32.5 Å². The summed E-state index contributed by atoms with van der Waals surface area (Å²) in [6.07, 6.45) is 7.57. The van der Waals surface area contributed by atoms with Crippen molar-refractivity contribution in [2.45, 2.75) is 45.1 Å². The second kappa shape index (κ2) is 10.0. The summed E-state index contributed by atoms with van der Waals surface area (Å²) in [4.78, 5) is 9.65. The first-order chi connectivity index (χ1) is 17.0. The van der Waals surface area contributed by atoms with Gasteiger partial charge < -0.3 is 9.32 Å². The van der Waals surface area contributed by atoms with Crippen LogP contribution in [-0.4, -0.2) is 47.5 Å². The molecule has 3 aromatic rings. The van der Waals surface area contributed by atoms with E-state index in [9.17, 15) is 4.39 Å². The lowest BCUT2D eigenvalue weighted by Crippen LogP contribution is -2.55. The zero-order valence-electron chi connectivity index (χ0n) is 20.6. The molecule has 4 nitrogen and oxygen atoms in total. The Hall–Kier alpha value is -2.83. The van der Waals surface area contributed by atoms with Gasteiger partial charge in [0, 0.05) is 38.2 Å². The highest BCUT2D eigenvalue weighted by molar-refractivity contribution is 5.78. The fraction of sp³-hybridized carbons (Fsp3) is 0.414. The maximum atomic E-state index is 15.8. The Morgan fingerprint density at radius 3 is 2.60 bits per heavy atom. The van der Waals surface area contributed by atoms with E-state index in [0.29, 0.717) is 22.6 Å². The largest absolute Gasteiger partial charge is 0.438 e. The molecule has 1 fully saturated rings. The number of nitrogens with zero attached hydrogens (tertiary/aromatic N) is 3. The van der Waals surface area contributed by atoms with Crippen LogP contribution in [0.4, 0.5) is 8.78 Å². The molecule has 2 aliphatic rings. The van der Waals surface area contributed by atoms with Gasteiger partial charge in [-0.2, -0.15) is 0 Å². The van der Waals surface area contributed by atoms with E-state index in [1.54, 1.807) is 18.2 Å². The quantitative estimate of drug-likeness (QED) is 0.358. The molecule has 0 saturated carbocycles. The highest BCUT2D eigenvalue weighted by atomic mass is 19.1. The summed E-state index contributed by atoms with van der Waals surface area (Å²) >= 11 is 0. The van der Waals surface area contributed by atoms with Crippen LogP contribution in [0.15, 0.2) is 64.9 Å². The minimum Gasteiger partial charge on any atom is -0.438 e. The molecule has 0 amide bonds. The van der Waals surface area contributed by atoms with E-state index in [1.807, 2.05) is 31.2 Å². The summed E-state index contributed by atoms with van der Waals surface area (Å²) in [6, 6.07) is 12.0. The Kier molecular flexibility index (Phi) is 6.85. The van der Waals surface area contributed by atoms with Gasteiger partial charge in [-0.05, 0) is 55.3 Å². The number of oxazole rings is 1. The van der Waals surface area contributed by atoms with E-state index < -0.39 is 5.54 Å². The molecule has 184 valence electrons. The molecule has 35 heavy (non-hydrogen) atoms. The first kappa shape index (κ1) is 23.9. The molecule has 2 heterocycles. The highest BCUT2D eigenvalue weighted by Crippen LogP contribution is 2.44. The molecule has 0 bridgehead atoms. The van der Waals surface area contributed by atoms with Gasteiger partial charge in [0.2, 0.25) is 5.89 Å². The average molecular weight is 478 g/mol. The molecule has 1 atom stereocenters. The van der Waals surface area contributed by atoms with Crippen LogP contribution in [0.5, 0.6) is 0 Å². The van der Waals surface area contributed by atoms with Gasteiger partial charge in [-0.3, -0.25) is 4.90 Å². The van der Waals surface area contributed by atoms with E-state index in [4.69, 9.17) is 9.40 Å². The van der Waals surface area contributed by atoms with Crippen molar-refractivity contribution in [3.05, 3.63) is 83.3 Å². The third kappa shape index (κ3) is 4.82. The summed E-state index contributed by atoms with van der Waals surface area (Å²) < 4.78 is 35.9. The third-order valence-corrected chi connectivity index (χ3v) is 7.31. The number of rotatable bonds is 7. The predicted molar refractivity (Wildman–Crippen MR) is 136 cm³/mol. The first-order valence-electron chi connectivity index (χ1n) is 12.7. The molecule has 1 saturated heterocycles. The summed E-state index contributed by atoms with van der Waals surface area (Å²) in [5.74, 6) is -0.134. The Morgan fingerprint density at radius 1 is 1.03 bits per heavy atom. The molecule has 1 aliphatic carbocycles. The standard InChI is InChI=1S/C29H33F2N3O/c1-3-4-5-13-33-14-16-34(17-15-33)29(28-32-26-18-21(2)9-10-27(26)35-28)12-11-24(25(31)20-29)22-7-6-8-23(30)19-22/h6-12,18-19H,3-5,13-17,20H2,1-2H3. The number of benzene rings is 2. The molecule has 1 aromatic heterocycles. The second-order valence-electron chi connectivity index (χ2n) is 9.79. The van der Waals surface area contributed by atoms with Crippen LogP contribution >= 0.6 is 0 Å². The summed E-state index contributed by atoms with van der Waals surface area (Å²) in [5.41, 5.74) is 2.74. The maximum Gasteiger partial charge on any atom is 0.220 e. The van der Waals surface area contributed by atoms with Crippen molar-refractivity contribution in [3.63, 3.8) is 0 Å². The van der Waals surface area contributed by atoms with Gasteiger partial charge in [0.05, 0.1) is 0 Å². The van der Waals surface area contributed by atoms with Crippen LogP contribution in [0.3, 0.4) is 0 Å². The molecule has 6 heteroatoms. The second-order valence-corrected chi connectivity index (χ2v) is 9.79. The lowest BCUT2D eigenvalue weighted by molar-refractivity contribution is 0.0382. The van der Waals surface area contributed by atoms with Crippen molar-refractivity contribution in [3.8, 4) is 0 Å². The van der Waals surface area contributed by atoms with E-state index in [1.165, 1.54) is 31.4 Å². The van der Waals surface area contributed by atoms with Crippen LogP contribution in [-0.2, 0) is 5.54 Å². The Labute approximate surface area is 205 Å². The van der Waals surface area contributed by atoms with Crippen molar-refractivity contribution in [1.82, 2.24) is 14.8 Å². The summed E-state index contributed by atoms with van der Waals surface area (Å²) in [6.45, 7) is 8.81. The van der Waals surface area contributed by atoms with E-state index in [-0.39, 0.29) is 18.1 Å².